The zero-order valence-electron chi connectivity index (χ0n) is 3.26. The zero-order chi connectivity index (χ0) is 3.54. The van der Waals surface area contributed by atoms with Gasteiger partial charge in [0.25, 0.3) is 0 Å². The summed E-state index contributed by atoms with van der Waals surface area (Å²) in [4.78, 5) is 6.42. The monoisotopic (exact) mass is 157 g/mol. The largest absolute Gasteiger partial charge is 0.351 e. The predicted molar refractivity (Wildman–Crippen MR) is 18.6 cm³/mol. The van der Waals surface area contributed by atoms with Crippen molar-refractivity contribution in [3.05, 3.63) is 18.7 Å². The van der Waals surface area contributed by atoms with Gasteiger partial charge in [-0.3, -0.25) is 0 Å². The van der Waals surface area contributed by atoms with Gasteiger partial charge in [0.1, 0.15) is 0 Å². The van der Waals surface area contributed by atoms with Crippen LogP contribution < -0.4 is 0 Å². The van der Waals surface area contributed by atoms with Gasteiger partial charge < -0.3 is 4.98 Å². The van der Waals surface area contributed by atoms with E-state index in [4.69, 9.17) is 0 Å². The van der Waals surface area contributed by atoms with Gasteiger partial charge >= 0.3 is 0 Å². The van der Waals surface area contributed by atoms with Crippen LogP contribution in [0.1, 0.15) is 0 Å². The number of aromatic amines is 1. The third-order valence-electron chi connectivity index (χ3n) is 0.406. The quantitative estimate of drug-likeness (QED) is 0.580. The van der Waals surface area contributed by atoms with Crippen molar-refractivity contribution >= 4 is 0 Å². The van der Waals surface area contributed by atoms with E-state index in [0.717, 1.165) is 0 Å². The first-order valence-corrected chi connectivity index (χ1v) is 1.43. The number of nitrogens with zero attached hydrogens (tertiary/aromatic N) is 1. The summed E-state index contributed by atoms with van der Waals surface area (Å²) in [5.41, 5.74) is 0. The van der Waals surface area contributed by atoms with E-state index in [-0.39, 0.29) is 32.7 Å². The molecule has 0 amide bonds. The van der Waals surface area contributed by atoms with Gasteiger partial charge in [0, 0.05) is 45.1 Å². The Morgan fingerprint density at radius 3 is 2.50 bits per heavy atom. The predicted octanol–water partition coefficient (Wildman–Crippen LogP) is 0.407. The Hall–Kier alpha value is 0.314. The van der Waals surface area contributed by atoms with Crippen LogP contribution in [0.5, 0.6) is 0 Å². The first-order valence-electron chi connectivity index (χ1n) is 1.43. The summed E-state index contributed by atoms with van der Waals surface area (Å²) < 4.78 is 0. The molecule has 1 N–H and O–H groups in total. The summed E-state index contributed by atoms with van der Waals surface area (Å²) in [7, 11) is 0. The number of hydrogen-bond acceptors (Lipinski definition) is 1. The Morgan fingerprint density at radius 1 is 1.50 bits per heavy atom. The molecule has 0 aliphatic heterocycles. The second-order valence-electron chi connectivity index (χ2n) is 0.761. The summed E-state index contributed by atoms with van der Waals surface area (Å²) in [5, 5.41) is 0. The molecule has 0 saturated heterocycles. The molecule has 0 unspecified atom stereocenters. The van der Waals surface area contributed by atoms with Crippen molar-refractivity contribution < 1.29 is 32.7 Å². The van der Waals surface area contributed by atoms with E-state index in [2.05, 4.69) is 9.97 Å². The van der Waals surface area contributed by atoms with Gasteiger partial charge in [-0.05, 0) is 0 Å². The number of rotatable bonds is 0. The SMILES string of the molecule is [Y].c1c[nH]cn1. The molecule has 1 aromatic heterocycles. The van der Waals surface area contributed by atoms with Crippen LogP contribution in [0.15, 0.2) is 18.7 Å². The smallest absolute Gasteiger partial charge is 0.0919 e. The Kier molecular flexibility index (Phi) is 3.69. The van der Waals surface area contributed by atoms with Crippen molar-refractivity contribution in [1.82, 2.24) is 9.97 Å². The van der Waals surface area contributed by atoms with Gasteiger partial charge in [-0.15, -0.1) is 0 Å². The second kappa shape index (κ2) is 3.50. The van der Waals surface area contributed by atoms with Gasteiger partial charge in [-0.2, -0.15) is 0 Å². The number of aromatic nitrogens is 2. The van der Waals surface area contributed by atoms with Gasteiger partial charge in [0.15, 0.2) is 0 Å². The fraction of sp³-hybridized carbons (Fsp3) is 0. The number of nitrogens with one attached hydrogen (secondary N) is 1. The molecule has 0 aromatic carbocycles. The molecule has 1 radical (unpaired) electrons. The molecular weight excluding hydrogens is 153 g/mol. The molecule has 1 aromatic rings. The molecular formula is C3H4N2Y. The molecule has 6 heavy (non-hydrogen) atoms. The van der Waals surface area contributed by atoms with Crippen LogP contribution in [0, 0.1) is 0 Å². The summed E-state index contributed by atoms with van der Waals surface area (Å²) in [6.07, 6.45) is 5.08. The van der Waals surface area contributed by atoms with E-state index >= 15 is 0 Å². The van der Waals surface area contributed by atoms with Crippen molar-refractivity contribution in [3.63, 3.8) is 0 Å². The molecule has 0 spiro atoms. The van der Waals surface area contributed by atoms with Gasteiger partial charge in [0.2, 0.25) is 0 Å². The minimum absolute atomic E-state index is 0. The fourth-order valence-corrected chi connectivity index (χ4v) is 0.215. The van der Waals surface area contributed by atoms with Crippen LogP contribution in [0.3, 0.4) is 0 Å². The molecule has 1 rings (SSSR count). The van der Waals surface area contributed by atoms with Crippen molar-refractivity contribution in [2.24, 2.45) is 0 Å². The normalized spacial score (nSPS) is 6.67. The van der Waals surface area contributed by atoms with Gasteiger partial charge in [-0.25, -0.2) is 4.98 Å². The topological polar surface area (TPSA) is 28.7 Å². The van der Waals surface area contributed by atoms with Crippen molar-refractivity contribution in [2.75, 3.05) is 0 Å². The average Bonchev–Trinajstić information content (AvgIpc) is 1.76. The summed E-state index contributed by atoms with van der Waals surface area (Å²) in [6.45, 7) is 0. The Bertz CT molecular complexity index is 65.3. The first kappa shape index (κ1) is 6.31. The number of imidazole rings is 1. The molecule has 0 saturated carbocycles. The standard InChI is InChI=1S/C3H4N2.Y/c1-2-5-3-4-1;/h1-3H,(H,4,5);. The van der Waals surface area contributed by atoms with Gasteiger partial charge in [-0.1, -0.05) is 0 Å². The second-order valence-corrected chi connectivity index (χ2v) is 0.761. The minimum atomic E-state index is 0. The van der Waals surface area contributed by atoms with E-state index in [1.165, 1.54) is 0 Å². The molecule has 2 nitrogen and oxygen atoms in total. The van der Waals surface area contributed by atoms with Crippen LogP contribution in [-0.2, 0) is 32.7 Å². The van der Waals surface area contributed by atoms with E-state index in [1.54, 1.807) is 18.7 Å². The van der Waals surface area contributed by atoms with Crippen molar-refractivity contribution in [1.29, 1.82) is 0 Å². The van der Waals surface area contributed by atoms with Crippen LogP contribution in [0.25, 0.3) is 0 Å². The van der Waals surface area contributed by atoms with Crippen LogP contribution in [0.2, 0.25) is 0 Å². The van der Waals surface area contributed by atoms with Crippen LogP contribution >= 0.6 is 0 Å². The van der Waals surface area contributed by atoms with E-state index in [1.807, 2.05) is 0 Å². The third-order valence-corrected chi connectivity index (χ3v) is 0.406. The Morgan fingerprint density at radius 2 is 2.33 bits per heavy atom. The summed E-state index contributed by atoms with van der Waals surface area (Å²) >= 11 is 0. The van der Waals surface area contributed by atoms with Crippen molar-refractivity contribution in [2.45, 2.75) is 0 Å². The molecule has 29 valence electrons. The molecule has 0 aliphatic carbocycles. The maximum absolute atomic E-state index is 3.67. The maximum atomic E-state index is 3.67. The van der Waals surface area contributed by atoms with Crippen molar-refractivity contribution in [3.8, 4) is 0 Å². The van der Waals surface area contributed by atoms with Crippen LogP contribution in [0.4, 0.5) is 0 Å². The molecule has 0 aliphatic rings. The van der Waals surface area contributed by atoms with Crippen LogP contribution in [-0.4, -0.2) is 9.97 Å². The third kappa shape index (κ3) is 1.68. The fourth-order valence-electron chi connectivity index (χ4n) is 0.215. The molecule has 0 bridgehead atoms. The molecule has 0 atom stereocenters. The Labute approximate surface area is 61.2 Å². The summed E-state index contributed by atoms with van der Waals surface area (Å²) in [6, 6.07) is 0. The maximum Gasteiger partial charge on any atom is 0.0919 e. The zero-order valence-corrected chi connectivity index (χ0v) is 6.09. The molecule has 1 heterocycles. The van der Waals surface area contributed by atoms with Gasteiger partial charge in [0.05, 0.1) is 6.33 Å². The minimum Gasteiger partial charge on any atom is -0.351 e. The number of hydrogen-bond donors (Lipinski definition) is 1. The van der Waals surface area contributed by atoms with E-state index in [9.17, 15) is 0 Å². The van der Waals surface area contributed by atoms with E-state index < -0.39 is 0 Å². The average molecular weight is 157 g/mol. The van der Waals surface area contributed by atoms with E-state index in [0.29, 0.717) is 0 Å². The summed E-state index contributed by atoms with van der Waals surface area (Å²) in [5.74, 6) is 0. The first-order chi connectivity index (χ1) is 2.50. The Balaban J connectivity index is 0.000000250. The molecule has 0 fully saturated rings. The molecule has 3 heteroatoms. The number of H-pyrrole nitrogens is 1.